The summed E-state index contributed by atoms with van der Waals surface area (Å²) in [5.74, 6) is 0.817. The first-order valence-corrected chi connectivity index (χ1v) is 13.9. The second-order valence-corrected chi connectivity index (χ2v) is 11.3. The first-order valence-electron chi connectivity index (χ1n) is 12.0. The molecule has 0 aliphatic carbocycles. The zero-order chi connectivity index (χ0) is 26.6. The summed E-state index contributed by atoms with van der Waals surface area (Å²) in [6, 6.07) is 23.4. The molecule has 0 saturated heterocycles. The molecule has 3 aromatic carbocycles. The molecule has 3 heterocycles. The van der Waals surface area contributed by atoms with Crippen LogP contribution in [0, 0.1) is 24.3 Å². The van der Waals surface area contributed by atoms with Gasteiger partial charge in [-0.05, 0) is 110 Å². The van der Waals surface area contributed by atoms with Crippen LogP contribution in [-0.2, 0) is 0 Å². The molecule has 8 heteroatoms. The summed E-state index contributed by atoms with van der Waals surface area (Å²) in [5, 5.41) is 6.06. The van der Waals surface area contributed by atoms with Crippen molar-refractivity contribution in [1.82, 2.24) is 14.2 Å². The second kappa shape index (κ2) is 9.67. The molecule has 6 nitrogen and oxygen atoms in total. The molecule has 6 rings (SSSR count). The number of hydrogen-bond donors (Lipinski definition) is 0. The topological polar surface area (TPSA) is 65.3 Å². The molecule has 0 N–H and O–H groups in total. The molecule has 0 saturated carbocycles. The summed E-state index contributed by atoms with van der Waals surface area (Å²) in [7, 11) is 0. The Morgan fingerprint density at radius 1 is 1.00 bits per heavy atom. The third-order valence-corrected chi connectivity index (χ3v) is 8.34. The smallest absolute Gasteiger partial charge is 0.282 e. The molecule has 3 aromatic heterocycles. The van der Waals surface area contributed by atoms with Crippen LogP contribution in [-0.4, -0.2) is 20.4 Å². The number of halogens is 2. The number of nitrogens with zero attached hydrogens (tertiary/aromatic N) is 4. The van der Waals surface area contributed by atoms with Gasteiger partial charge >= 0.3 is 0 Å². The average molecular weight is 677 g/mol. The number of hydrogen-bond acceptors (Lipinski definition) is 4. The summed E-state index contributed by atoms with van der Waals surface area (Å²) in [6.45, 7) is 6.24. The Balaban J connectivity index is 1.51. The van der Waals surface area contributed by atoms with Crippen molar-refractivity contribution in [2.45, 2.75) is 20.8 Å². The van der Waals surface area contributed by atoms with E-state index in [1.165, 1.54) is 13.8 Å². The van der Waals surface area contributed by atoms with Crippen molar-refractivity contribution in [2.24, 2.45) is 5.10 Å². The van der Waals surface area contributed by atoms with Crippen molar-refractivity contribution in [3.63, 3.8) is 0 Å². The fourth-order valence-corrected chi connectivity index (χ4v) is 5.43. The number of rotatable bonds is 4. The number of aromatic nitrogens is 3. The fourth-order valence-electron chi connectivity index (χ4n) is 4.72. The maximum absolute atomic E-state index is 13.6. The van der Waals surface area contributed by atoms with Gasteiger partial charge in [-0.2, -0.15) is 9.78 Å². The lowest BCUT2D eigenvalue weighted by atomic mass is 10.2. The molecular weight excluding hydrogens is 655 g/mol. The van der Waals surface area contributed by atoms with Crippen LogP contribution in [0.15, 0.2) is 91.6 Å². The SMILES string of the molecule is Cc1cc(-n2c(C)cc(C=Nn3c(-c4cc5cc(Br)ccc5o4)nc4ccccc4c3=O)c2C)ccc1I. The standard InChI is InChI=1S/C30H22BrIN4O2/c1-17-12-23(9-10-25(17)32)35-18(2)13-21(19(35)3)16-33-36-29(34-26-7-5-4-6-24(26)30(36)37)28-15-20-14-22(31)8-11-27(20)38-28/h4-16H,1-3H3. The minimum atomic E-state index is -0.259. The molecule has 0 aliphatic rings. The lowest BCUT2D eigenvalue weighted by molar-refractivity contribution is 0.616. The largest absolute Gasteiger partial charge is 0.453 e. The highest BCUT2D eigenvalue weighted by molar-refractivity contribution is 14.1. The molecular formula is C30H22BrIN4O2. The average Bonchev–Trinajstić information content (AvgIpc) is 3.44. The van der Waals surface area contributed by atoms with E-state index in [1.807, 2.05) is 42.5 Å². The van der Waals surface area contributed by atoms with E-state index in [0.29, 0.717) is 28.1 Å². The first-order chi connectivity index (χ1) is 18.3. The molecule has 0 unspecified atom stereocenters. The van der Waals surface area contributed by atoms with E-state index in [9.17, 15) is 4.79 Å². The number of benzene rings is 3. The van der Waals surface area contributed by atoms with Crippen LogP contribution >= 0.6 is 38.5 Å². The van der Waals surface area contributed by atoms with Crippen LogP contribution in [0.1, 0.15) is 22.5 Å². The fraction of sp³-hybridized carbons (Fsp3) is 0.100. The normalized spacial score (nSPS) is 11.8. The zero-order valence-corrected chi connectivity index (χ0v) is 24.6. The van der Waals surface area contributed by atoms with E-state index in [2.05, 4.69) is 93.2 Å². The minimum Gasteiger partial charge on any atom is -0.453 e. The minimum absolute atomic E-state index is 0.259. The summed E-state index contributed by atoms with van der Waals surface area (Å²) >= 11 is 5.85. The second-order valence-electron chi connectivity index (χ2n) is 9.20. The molecule has 38 heavy (non-hydrogen) atoms. The van der Waals surface area contributed by atoms with Gasteiger partial charge in [0.1, 0.15) is 5.58 Å². The number of fused-ring (bicyclic) bond motifs is 2. The van der Waals surface area contributed by atoms with E-state index < -0.39 is 0 Å². The van der Waals surface area contributed by atoms with Crippen molar-refractivity contribution in [3.05, 3.63) is 114 Å². The Morgan fingerprint density at radius 3 is 2.63 bits per heavy atom. The molecule has 0 bridgehead atoms. The van der Waals surface area contributed by atoms with Crippen LogP contribution < -0.4 is 5.56 Å². The number of para-hydroxylation sites is 1. The van der Waals surface area contributed by atoms with Gasteiger partial charge in [-0.15, -0.1) is 0 Å². The Morgan fingerprint density at radius 2 is 1.82 bits per heavy atom. The highest BCUT2D eigenvalue weighted by Gasteiger charge is 2.17. The third kappa shape index (κ3) is 4.31. The van der Waals surface area contributed by atoms with Crippen molar-refractivity contribution < 1.29 is 4.42 Å². The van der Waals surface area contributed by atoms with Gasteiger partial charge in [0.05, 0.1) is 17.1 Å². The Hall–Kier alpha value is -3.50. The highest BCUT2D eigenvalue weighted by Crippen LogP contribution is 2.29. The lowest BCUT2D eigenvalue weighted by Gasteiger charge is -2.11. The van der Waals surface area contributed by atoms with E-state index >= 15 is 0 Å². The maximum Gasteiger partial charge on any atom is 0.282 e. The predicted octanol–water partition coefficient (Wildman–Crippen LogP) is 7.77. The van der Waals surface area contributed by atoms with E-state index in [0.717, 1.165) is 32.5 Å². The van der Waals surface area contributed by atoms with Gasteiger partial charge in [-0.1, -0.05) is 28.1 Å². The molecule has 0 radical (unpaired) electrons. The Kier molecular flexibility index (Phi) is 6.31. The van der Waals surface area contributed by atoms with Crippen molar-refractivity contribution in [3.8, 4) is 17.3 Å². The summed E-state index contributed by atoms with van der Waals surface area (Å²) < 4.78 is 11.8. The van der Waals surface area contributed by atoms with E-state index in [4.69, 9.17) is 9.40 Å². The predicted molar refractivity (Wildman–Crippen MR) is 165 cm³/mol. The first kappa shape index (κ1) is 24.8. The van der Waals surface area contributed by atoms with Crippen molar-refractivity contribution >= 4 is 66.6 Å². The van der Waals surface area contributed by atoms with E-state index in [1.54, 1.807) is 12.3 Å². The Bertz CT molecular complexity index is 1970. The monoisotopic (exact) mass is 676 g/mol. The molecule has 0 aliphatic heterocycles. The van der Waals surface area contributed by atoms with Crippen LogP contribution in [0.3, 0.4) is 0 Å². The maximum atomic E-state index is 13.6. The molecule has 0 amide bonds. The van der Waals surface area contributed by atoms with Gasteiger partial charge in [0.2, 0.25) is 5.82 Å². The third-order valence-electron chi connectivity index (χ3n) is 6.63. The highest BCUT2D eigenvalue weighted by atomic mass is 127. The van der Waals surface area contributed by atoms with Crippen LogP contribution in [0.2, 0.25) is 0 Å². The van der Waals surface area contributed by atoms with Crippen LogP contribution in [0.5, 0.6) is 0 Å². The number of aryl methyl sites for hydroxylation is 2. The van der Waals surface area contributed by atoms with Gasteiger partial charge < -0.3 is 8.98 Å². The van der Waals surface area contributed by atoms with E-state index in [-0.39, 0.29) is 5.56 Å². The van der Waals surface area contributed by atoms with Gasteiger partial charge in [-0.25, -0.2) is 4.98 Å². The molecule has 0 fully saturated rings. The quantitative estimate of drug-likeness (QED) is 0.142. The van der Waals surface area contributed by atoms with Gasteiger partial charge in [0.25, 0.3) is 5.56 Å². The van der Waals surface area contributed by atoms with Crippen LogP contribution in [0.25, 0.3) is 39.1 Å². The van der Waals surface area contributed by atoms with Crippen molar-refractivity contribution in [2.75, 3.05) is 0 Å². The Labute approximate surface area is 240 Å². The summed E-state index contributed by atoms with van der Waals surface area (Å²) in [5.41, 5.74) is 6.38. The molecule has 0 spiro atoms. The number of furan rings is 1. The summed E-state index contributed by atoms with van der Waals surface area (Å²) in [4.78, 5) is 18.4. The van der Waals surface area contributed by atoms with Crippen molar-refractivity contribution in [1.29, 1.82) is 0 Å². The lowest BCUT2D eigenvalue weighted by Crippen LogP contribution is -2.20. The molecule has 188 valence electrons. The summed E-state index contributed by atoms with van der Waals surface area (Å²) in [6.07, 6.45) is 1.72. The van der Waals surface area contributed by atoms with Gasteiger partial charge in [0.15, 0.2) is 5.76 Å². The molecule has 0 atom stereocenters. The zero-order valence-electron chi connectivity index (χ0n) is 20.9. The van der Waals surface area contributed by atoms with Gasteiger partial charge in [-0.3, -0.25) is 4.79 Å². The van der Waals surface area contributed by atoms with Gasteiger partial charge in [0, 0.05) is 36.1 Å². The van der Waals surface area contributed by atoms with Crippen LogP contribution in [0.4, 0.5) is 0 Å². The molecule has 6 aromatic rings.